The SMILES string of the molecule is C=C(C)C1C(=C)c2ccccc2OC12CCN(C(=O)OC(C)(C)C)CC2. The minimum atomic E-state index is -0.485. The van der Waals surface area contributed by atoms with Crippen LogP contribution in [0.3, 0.4) is 0 Å². The van der Waals surface area contributed by atoms with E-state index in [4.69, 9.17) is 9.47 Å². The number of carbonyl (C=O) groups excluding carboxylic acids is 1. The maximum atomic E-state index is 12.4. The molecule has 0 saturated carbocycles. The molecule has 26 heavy (non-hydrogen) atoms. The number of benzene rings is 1. The maximum absolute atomic E-state index is 12.4. The van der Waals surface area contributed by atoms with Crippen molar-refractivity contribution in [1.82, 2.24) is 4.90 Å². The van der Waals surface area contributed by atoms with Crippen molar-refractivity contribution in [2.24, 2.45) is 5.92 Å². The molecular weight excluding hydrogens is 326 g/mol. The summed E-state index contributed by atoms with van der Waals surface area (Å²) in [4.78, 5) is 14.2. The molecule has 1 unspecified atom stereocenters. The molecule has 4 nitrogen and oxygen atoms in total. The summed E-state index contributed by atoms with van der Waals surface area (Å²) in [6, 6.07) is 8.04. The number of fused-ring (bicyclic) bond motifs is 1. The van der Waals surface area contributed by atoms with Crippen molar-refractivity contribution in [2.45, 2.75) is 51.7 Å². The zero-order valence-electron chi connectivity index (χ0n) is 16.3. The third-order valence-electron chi connectivity index (χ3n) is 5.18. The molecule has 0 N–H and O–H groups in total. The van der Waals surface area contributed by atoms with E-state index in [1.165, 1.54) is 0 Å². The number of rotatable bonds is 1. The van der Waals surface area contributed by atoms with Gasteiger partial charge in [0.2, 0.25) is 0 Å². The largest absolute Gasteiger partial charge is 0.486 e. The van der Waals surface area contributed by atoms with E-state index in [-0.39, 0.29) is 12.0 Å². The van der Waals surface area contributed by atoms with Crippen molar-refractivity contribution in [3.05, 3.63) is 48.6 Å². The van der Waals surface area contributed by atoms with E-state index in [9.17, 15) is 4.79 Å². The van der Waals surface area contributed by atoms with Crippen LogP contribution in [0.4, 0.5) is 4.79 Å². The molecule has 0 radical (unpaired) electrons. The van der Waals surface area contributed by atoms with Crippen LogP contribution in [-0.4, -0.2) is 35.3 Å². The van der Waals surface area contributed by atoms with Gasteiger partial charge in [0, 0.05) is 37.4 Å². The topological polar surface area (TPSA) is 38.8 Å². The summed E-state index contributed by atoms with van der Waals surface area (Å²) in [6.45, 7) is 17.5. The summed E-state index contributed by atoms with van der Waals surface area (Å²) < 4.78 is 12.0. The molecule has 0 aromatic heterocycles. The third-order valence-corrected chi connectivity index (χ3v) is 5.18. The smallest absolute Gasteiger partial charge is 0.410 e. The van der Waals surface area contributed by atoms with Gasteiger partial charge in [0.05, 0.1) is 0 Å². The standard InChI is InChI=1S/C22H29NO3/c1-15(2)19-16(3)17-9-7-8-10-18(17)25-22(19)11-13-23(14-12-22)20(24)26-21(4,5)6/h7-10,19H,1,3,11-14H2,2,4-6H3. The lowest BCUT2D eigenvalue weighted by Crippen LogP contribution is -2.56. The van der Waals surface area contributed by atoms with Crippen molar-refractivity contribution in [1.29, 1.82) is 0 Å². The van der Waals surface area contributed by atoms with E-state index in [1.54, 1.807) is 4.90 Å². The van der Waals surface area contributed by atoms with Crippen molar-refractivity contribution >= 4 is 11.7 Å². The van der Waals surface area contributed by atoms with Crippen LogP contribution >= 0.6 is 0 Å². The summed E-state index contributed by atoms with van der Waals surface area (Å²) in [5, 5.41) is 0. The van der Waals surface area contributed by atoms with Crippen LogP contribution in [0.2, 0.25) is 0 Å². The molecule has 1 spiro atoms. The van der Waals surface area contributed by atoms with Crippen molar-refractivity contribution < 1.29 is 14.3 Å². The van der Waals surface area contributed by atoms with Gasteiger partial charge in [-0.15, -0.1) is 0 Å². The second kappa shape index (κ2) is 6.49. The first-order chi connectivity index (χ1) is 12.1. The summed E-state index contributed by atoms with van der Waals surface area (Å²) in [7, 11) is 0. The molecule has 1 aromatic rings. The second-order valence-electron chi connectivity index (χ2n) is 8.43. The Morgan fingerprint density at radius 1 is 1.27 bits per heavy atom. The number of hydrogen-bond donors (Lipinski definition) is 0. The molecule has 1 aromatic carbocycles. The van der Waals surface area contributed by atoms with E-state index in [0.29, 0.717) is 13.1 Å². The Morgan fingerprint density at radius 3 is 2.46 bits per heavy atom. The van der Waals surface area contributed by atoms with Gasteiger partial charge in [0.15, 0.2) is 0 Å². The number of nitrogens with zero attached hydrogens (tertiary/aromatic N) is 1. The lowest BCUT2D eigenvalue weighted by Gasteiger charge is -2.50. The van der Waals surface area contributed by atoms with E-state index in [2.05, 4.69) is 19.2 Å². The summed E-state index contributed by atoms with van der Waals surface area (Å²) in [5.74, 6) is 0.930. The molecule has 2 aliphatic heterocycles. The average molecular weight is 355 g/mol. The number of carbonyl (C=O) groups is 1. The lowest BCUT2D eigenvalue weighted by molar-refractivity contribution is -0.0338. The summed E-state index contributed by atoms with van der Waals surface area (Å²) >= 11 is 0. The highest BCUT2D eigenvalue weighted by Crippen LogP contribution is 2.50. The Hall–Kier alpha value is -2.23. The van der Waals surface area contributed by atoms with E-state index < -0.39 is 11.2 Å². The monoisotopic (exact) mass is 355 g/mol. The second-order valence-corrected chi connectivity index (χ2v) is 8.43. The fourth-order valence-electron chi connectivity index (χ4n) is 4.10. The fourth-order valence-corrected chi connectivity index (χ4v) is 4.10. The van der Waals surface area contributed by atoms with Gasteiger partial charge < -0.3 is 14.4 Å². The van der Waals surface area contributed by atoms with Gasteiger partial charge in [-0.05, 0) is 39.3 Å². The molecule has 2 heterocycles. The van der Waals surface area contributed by atoms with Gasteiger partial charge in [0.1, 0.15) is 17.0 Å². The quantitative estimate of drug-likeness (QED) is 0.661. The van der Waals surface area contributed by atoms with Crippen molar-refractivity contribution in [3.63, 3.8) is 0 Å². The zero-order valence-corrected chi connectivity index (χ0v) is 16.3. The molecule has 140 valence electrons. The number of likely N-dealkylation sites (tertiary alicyclic amines) is 1. The normalized spacial score (nSPS) is 21.8. The number of hydrogen-bond acceptors (Lipinski definition) is 3. The Labute approximate surface area is 156 Å². The molecule has 1 atom stereocenters. The van der Waals surface area contributed by atoms with Gasteiger partial charge in [-0.25, -0.2) is 4.79 Å². The van der Waals surface area contributed by atoms with Gasteiger partial charge in [-0.3, -0.25) is 0 Å². The van der Waals surface area contributed by atoms with Gasteiger partial charge in [-0.2, -0.15) is 0 Å². The molecule has 1 amide bonds. The molecule has 3 rings (SSSR count). The first-order valence-corrected chi connectivity index (χ1v) is 9.23. The van der Waals surface area contributed by atoms with Gasteiger partial charge in [0.25, 0.3) is 0 Å². The number of piperidine rings is 1. The van der Waals surface area contributed by atoms with E-state index in [0.717, 1.165) is 35.3 Å². The number of para-hydroxylation sites is 1. The summed E-state index contributed by atoms with van der Waals surface area (Å²) in [5.41, 5.74) is 2.29. The van der Waals surface area contributed by atoms with Crippen LogP contribution in [0, 0.1) is 5.92 Å². The molecular formula is C22H29NO3. The van der Waals surface area contributed by atoms with Gasteiger partial charge in [-0.1, -0.05) is 36.9 Å². The molecule has 2 aliphatic rings. The van der Waals surface area contributed by atoms with Crippen LogP contribution in [0.25, 0.3) is 5.57 Å². The third kappa shape index (κ3) is 3.37. The van der Waals surface area contributed by atoms with Gasteiger partial charge >= 0.3 is 6.09 Å². The van der Waals surface area contributed by atoms with Crippen LogP contribution in [0.5, 0.6) is 5.75 Å². The molecule has 1 fully saturated rings. The van der Waals surface area contributed by atoms with E-state index in [1.807, 2.05) is 45.9 Å². The average Bonchev–Trinajstić information content (AvgIpc) is 2.53. The van der Waals surface area contributed by atoms with Crippen molar-refractivity contribution in [3.8, 4) is 5.75 Å². The number of ether oxygens (including phenoxy) is 2. The zero-order chi connectivity index (χ0) is 19.1. The van der Waals surface area contributed by atoms with Crippen molar-refractivity contribution in [2.75, 3.05) is 13.1 Å². The first kappa shape index (κ1) is 18.6. The molecule has 4 heteroatoms. The molecule has 1 saturated heterocycles. The fraction of sp³-hybridized carbons (Fsp3) is 0.500. The minimum absolute atomic E-state index is 0.0539. The van der Waals surface area contributed by atoms with Crippen LogP contribution in [-0.2, 0) is 4.74 Å². The Bertz CT molecular complexity index is 736. The molecule has 0 bridgehead atoms. The van der Waals surface area contributed by atoms with E-state index >= 15 is 0 Å². The molecule has 0 aliphatic carbocycles. The number of amides is 1. The maximum Gasteiger partial charge on any atom is 0.410 e. The highest BCUT2D eigenvalue weighted by atomic mass is 16.6. The first-order valence-electron chi connectivity index (χ1n) is 9.23. The predicted molar refractivity (Wildman–Crippen MR) is 104 cm³/mol. The van der Waals surface area contributed by atoms with Crippen LogP contribution < -0.4 is 4.74 Å². The Balaban J connectivity index is 1.83. The minimum Gasteiger partial charge on any atom is -0.486 e. The predicted octanol–water partition coefficient (Wildman–Crippen LogP) is 5.05. The lowest BCUT2D eigenvalue weighted by atomic mass is 9.69. The van der Waals surface area contributed by atoms with Crippen LogP contribution in [0.15, 0.2) is 43.0 Å². The highest BCUT2D eigenvalue weighted by Gasteiger charge is 2.49. The summed E-state index contributed by atoms with van der Waals surface area (Å²) in [6.07, 6.45) is 1.21. The Morgan fingerprint density at radius 2 is 1.88 bits per heavy atom. The Kier molecular flexibility index (Phi) is 4.63. The van der Waals surface area contributed by atoms with Crippen LogP contribution in [0.1, 0.15) is 46.1 Å². The highest BCUT2D eigenvalue weighted by molar-refractivity contribution is 5.75.